The lowest BCUT2D eigenvalue weighted by atomic mass is 9.86. The standard InChI is InChI=1S/C31H35N3O4/c1-19-14-29(38-34-19)26-17-27(26)30(28(18-32)31(35)36)33-24-12-6-10-22(15-24)23-11-7-13-25(16-23)37-20(2)21-8-4-3-5-9-21/h6-7,10-16,18,20-21,26-27H,3-5,8-9,17,32H2,1-2H3,(H,35,36)/t20?,26?,27-/m1/s1. The van der Waals surface area contributed by atoms with Gasteiger partial charge in [0, 0.05) is 24.1 Å². The van der Waals surface area contributed by atoms with Crippen LogP contribution in [0.25, 0.3) is 11.1 Å². The number of ether oxygens (including phenoxy) is 1. The SMILES string of the molecule is Cc1cc(C2C[C@H]2C(=Nc2cccc(-c3cccc(OC(C)C4CCCCC4)c3)c2)C(=CN)C(=O)O)on1. The summed E-state index contributed by atoms with van der Waals surface area (Å²) in [5.41, 5.74) is 9.66. The Balaban J connectivity index is 1.39. The Morgan fingerprint density at radius 1 is 1.13 bits per heavy atom. The molecule has 5 rings (SSSR count). The number of hydrogen-bond donors (Lipinski definition) is 2. The average Bonchev–Trinajstić information content (AvgIpc) is 3.61. The number of aromatic nitrogens is 1. The summed E-state index contributed by atoms with van der Waals surface area (Å²) in [5, 5.41) is 13.8. The largest absolute Gasteiger partial charge is 0.490 e. The predicted octanol–water partition coefficient (Wildman–Crippen LogP) is 6.80. The van der Waals surface area contributed by atoms with Crippen molar-refractivity contribution in [3.05, 3.63) is 77.8 Å². The number of hydrogen-bond acceptors (Lipinski definition) is 6. The minimum Gasteiger partial charge on any atom is -0.490 e. The van der Waals surface area contributed by atoms with Gasteiger partial charge in [0.1, 0.15) is 11.5 Å². The van der Waals surface area contributed by atoms with Crippen molar-refractivity contribution >= 4 is 17.4 Å². The van der Waals surface area contributed by atoms with Crippen LogP contribution in [0.3, 0.4) is 0 Å². The van der Waals surface area contributed by atoms with E-state index in [0.29, 0.717) is 17.3 Å². The van der Waals surface area contributed by atoms with Gasteiger partial charge in [0.15, 0.2) is 0 Å². The molecule has 2 aliphatic carbocycles. The third kappa shape index (κ3) is 5.82. The third-order valence-electron chi connectivity index (χ3n) is 7.73. The summed E-state index contributed by atoms with van der Waals surface area (Å²) in [5.74, 6) is 1.04. The summed E-state index contributed by atoms with van der Waals surface area (Å²) in [7, 11) is 0. The van der Waals surface area contributed by atoms with E-state index in [1.54, 1.807) is 0 Å². The zero-order valence-electron chi connectivity index (χ0n) is 22.0. The van der Waals surface area contributed by atoms with Crippen molar-refractivity contribution in [3.63, 3.8) is 0 Å². The van der Waals surface area contributed by atoms with E-state index in [0.717, 1.165) is 41.0 Å². The highest BCUT2D eigenvalue weighted by Gasteiger charge is 2.46. The zero-order valence-corrected chi connectivity index (χ0v) is 22.0. The molecule has 2 unspecified atom stereocenters. The zero-order chi connectivity index (χ0) is 26.6. The number of nitrogens with two attached hydrogens (primary N) is 1. The molecule has 0 bridgehead atoms. The van der Waals surface area contributed by atoms with Gasteiger partial charge in [-0.05, 0) is 74.4 Å². The van der Waals surface area contributed by atoms with Gasteiger partial charge in [0.25, 0.3) is 0 Å². The van der Waals surface area contributed by atoms with Gasteiger partial charge in [0.2, 0.25) is 0 Å². The van der Waals surface area contributed by atoms with Gasteiger partial charge in [-0.2, -0.15) is 0 Å². The number of rotatable bonds is 9. The average molecular weight is 514 g/mol. The van der Waals surface area contributed by atoms with E-state index in [2.05, 4.69) is 18.1 Å². The summed E-state index contributed by atoms with van der Waals surface area (Å²) in [6, 6.07) is 17.8. The maximum absolute atomic E-state index is 12.0. The monoisotopic (exact) mass is 513 g/mol. The number of carbonyl (C=O) groups is 1. The van der Waals surface area contributed by atoms with Crippen molar-refractivity contribution in [1.29, 1.82) is 0 Å². The first-order chi connectivity index (χ1) is 18.4. The maximum Gasteiger partial charge on any atom is 0.339 e. The minimum atomic E-state index is -1.10. The summed E-state index contributed by atoms with van der Waals surface area (Å²) in [6.45, 7) is 4.04. The first kappa shape index (κ1) is 25.8. The minimum absolute atomic E-state index is 0.00578. The van der Waals surface area contributed by atoms with Gasteiger partial charge in [0.05, 0.1) is 28.8 Å². The van der Waals surface area contributed by atoms with Crippen molar-refractivity contribution in [2.24, 2.45) is 22.6 Å². The van der Waals surface area contributed by atoms with E-state index in [1.165, 1.54) is 32.1 Å². The second-order valence-corrected chi connectivity index (χ2v) is 10.5. The van der Waals surface area contributed by atoms with Crippen LogP contribution in [0.5, 0.6) is 5.75 Å². The maximum atomic E-state index is 12.0. The highest BCUT2D eigenvalue weighted by molar-refractivity contribution is 6.21. The number of aryl methyl sites for hydroxylation is 1. The fourth-order valence-electron chi connectivity index (χ4n) is 5.54. The van der Waals surface area contributed by atoms with Crippen LogP contribution in [0, 0.1) is 18.8 Å². The first-order valence-corrected chi connectivity index (χ1v) is 13.5. The molecule has 1 aromatic heterocycles. The van der Waals surface area contributed by atoms with Crippen molar-refractivity contribution in [2.75, 3.05) is 0 Å². The molecule has 2 aromatic carbocycles. The molecule has 198 valence electrons. The van der Waals surface area contributed by atoms with Gasteiger partial charge in [-0.15, -0.1) is 0 Å². The van der Waals surface area contributed by atoms with Crippen LogP contribution in [0.2, 0.25) is 0 Å². The quantitative estimate of drug-likeness (QED) is 0.240. The molecule has 0 amide bonds. The second kappa shape index (κ2) is 11.3. The molecule has 2 fully saturated rings. The van der Waals surface area contributed by atoms with Crippen molar-refractivity contribution in [2.45, 2.75) is 64.4 Å². The summed E-state index contributed by atoms with van der Waals surface area (Å²) < 4.78 is 11.8. The molecule has 38 heavy (non-hydrogen) atoms. The van der Waals surface area contributed by atoms with E-state index in [9.17, 15) is 9.90 Å². The van der Waals surface area contributed by atoms with Crippen molar-refractivity contribution in [1.82, 2.24) is 5.16 Å². The number of aliphatic imine (C=N–C) groups is 1. The summed E-state index contributed by atoms with van der Waals surface area (Å²) in [4.78, 5) is 16.8. The lowest BCUT2D eigenvalue weighted by Crippen LogP contribution is -2.25. The molecule has 0 saturated heterocycles. The molecule has 3 N–H and O–H groups in total. The topological polar surface area (TPSA) is 111 Å². The van der Waals surface area contributed by atoms with Gasteiger partial charge >= 0.3 is 5.97 Å². The third-order valence-corrected chi connectivity index (χ3v) is 7.73. The normalized spacial score (nSPS) is 21.2. The smallest absolute Gasteiger partial charge is 0.339 e. The van der Waals surface area contributed by atoms with Crippen LogP contribution >= 0.6 is 0 Å². The Morgan fingerprint density at radius 2 is 1.87 bits per heavy atom. The number of carboxylic acid groups (broad SMARTS) is 1. The van der Waals surface area contributed by atoms with Crippen LogP contribution in [-0.4, -0.2) is 28.0 Å². The van der Waals surface area contributed by atoms with Crippen LogP contribution < -0.4 is 10.5 Å². The van der Waals surface area contributed by atoms with Crippen LogP contribution in [0.1, 0.15) is 62.8 Å². The molecular weight excluding hydrogens is 478 g/mol. The Hall–Kier alpha value is -3.87. The van der Waals surface area contributed by atoms with E-state index in [4.69, 9.17) is 20.0 Å². The summed E-state index contributed by atoms with van der Waals surface area (Å²) >= 11 is 0. The van der Waals surface area contributed by atoms with Crippen LogP contribution in [0.15, 0.2) is 75.9 Å². The van der Waals surface area contributed by atoms with E-state index < -0.39 is 5.97 Å². The highest BCUT2D eigenvalue weighted by Crippen LogP contribution is 2.50. The van der Waals surface area contributed by atoms with Gasteiger partial charge in [-0.3, -0.25) is 4.99 Å². The van der Waals surface area contributed by atoms with Gasteiger partial charge in [-0.1, -0.05) is 48.7 Å². The fourth-order valence-corrected chi connectivity index (χ4v) is 5.54. The molecule has 0 spiro atoms. The lowest BCUT2D eigenvalue weighted by Gasteiger charge is -2.28. The second-order valence-electron chi connectivity index (χ2n) is 10.5. The molecule has 1 heterocycles. The molecule has 7 nitrogen and oxygen atoms in total. The van der Waals surface area contributed by atoms with E-state index in [1.807, 2.05) is 55.5 Å². The molecule has 0 aliphatic heterocycles. The van der Waals surface area contributed by atoms with E-state index in [-0.39, 0.29) is 23.5 Å². The molecule has 0 radical (unpaired) electrons. The Morgan fingerprint density at radius 3 is 2.55 bits per heavy atom. The fraction of sp³-hybridized carbons (Fsp3) is 0.387. The first-order valence-electron chi connectivity index (χ1n) is 13.5. The predicted molar refractivity (Wildman–Crippen MR) is 148 cm³/mol. The molecular formula is C31H35N3O4. The summed E-state index contributed by atoms with van der Waals surface area (Å²) in [6.07, 6.45) is 8.41. The van der Waals surface area contributed by atoms with E-state index >= 15 is 0 Å². The van der Waals surface area contributed by atoms with Crippen molar-refractivity contribution < 1.29 is 19.2 Å². The Kier molecular flexibility index (Phi) is 7.63. The Bertz CT molecular complexity index is 1350. The number of carboxylic acids is 1. The Labute approximate surface area is 223 Å². The van der Waals surface area contributed by atoms with Gasteiger partial charge < -0.3 is 20.1 Å². The molecule has 2 aliphatic rings. The molecule has 3 atom stereocenters. The lowest BCUT2D eigenvalue weighted by molar-refractivity contribution is -0.132. The highest BCUT2D eigenvalue weighted by atomic mass is 16.5. The number of aliphatic carboxylic acids is 1. The molecule has 3 aromatic rings. The van der Waals surface area contributed by atoms with Crippen molar-refractivity contribution in [3.8, 4) is 16.9 Å². The number of nitrogens with zero attached hydrogens (tertiary/aromatic N) is 2. The van der Waals surface area contributed by atoms with Crippen LogP contribution in [-0.2, 0) is 4.79 Å². The molecule has 7 heteroatoms. The molecule has 2 saturated carbocycles. The number of benzene rings is 2. The van der Waals surface area contributed by atoms with Gasteiger partial charge in [-0.25, -0.2) is 4.79 Å². The van der Waals surface area contributed by atoms with Crippen LogP contribution in [0.4, 0.5) is 5.69 Å².